The number of carbonyl (C=O) groups is 4. The number of carboxylic acid groups (broad SMARTS) is 2. The fourth-order valence-electron chi connectivity index (χ4n) is 8.15. The third kappa shape index (κ3) is 7.98. The van der Waals surface area contributed by atoms with Gasteiger partial charge in [0.05, 0.1) is 47.3 Å². The minimum absolute atomic E-state index is 0.315. The van der Waals surface area contributed by atoms with Crippen molar-refractivity contribution in [2.24, 2.45) is 0 Å². The lowest BCUT2D eigenvalue weighted by atomic mass is 10.1. The number of nitrogens with zero attached hydrogens (tertiary/aromatic N) is 8. The highest BCUT2D eigenvalue weighted by molar-refractivity contribution is 5.88. The Kier molecular flexibility index (Phi) is 11.0. The molecule has 306 valence electrons. The Bertz CT molecular complexity index is 2500. The zero-order valence-corrected chi connectivity index (χ0v) is 32.7. The minimum atomic E-state index is -1.29. The van der Waals surface area contributed by atoms with Gasteiger partial charge in [0, 0.05) is 36.6 Å². The number of aromatic nitrogens is 8. The fraction of sp³-hybridized carbons (Fsp3) is 0.286. The molecule has 0 aliphatic carbocycles. The average Bonchev–Trinajstić information content (AvgIpc) is 4.09. The average molecular weight is 811 g/mol. The van der Waals surface area contributed by atoms with Crippen LogP contribution in [-0.4, -0.2) is 97.0 Å². The highest BCUT2D eigenvalue weighted by atomic mass is 16.4. The number of H-pyrrole nitrogens is 2. The molecular formula is C42H42N12O6. The van der Waals surface area contributed by atoms with E-state index >= 15 is 0 Å². The molecule has 0 saturated carbocycles. The van der Waals surface area contributed by atoms with Crippen LogP contribution in [-0.2, 0) is 9.59 Å². The topological polar surface area (TPSA) is 248 Å². The van der Waals surface area contributed by atoms with Gasteiger partial charge in [-0.25, -0.2) is 39.5 Å². The summed E-state index contributed by atoms with van der Waals surface area (Å²) in [5, 5.41) is 23.8. The lowest BCUT2D eigenvalue weighted by molar-refractivity contribution is -0.135. The summed E-state index contributed by atoms with van der Waals surface area (Å²) >= 11 is 0. The molecule has 0 spiro atoms. The van der Waals surface area contributed by atoms with E-state index in [4.69, 9.17) is 9.97 Å². The molecule has 4 amide bonds. The van der Waals surface area contributed by atoms with E-state index < -0.39 is 24.3 Å². The molecule has 18 heteroatoms. The van der Waals surface area contributed by atoms with Crippen molar-refractivity contribution in [3.05, 3.63) is 120 Å². The lowest BCUT2D eigenvalue weighted by Crippen LogP contribution is -2.42. The highest BCUT2D eigenvalue weighted by Crippen LogP contribution is 2.36. The number of hydrogen-bond acceptors (Lipinski definition) is 10. The van der Waals surface area contributed by atoms with Crippen molar-refractivity contribution in [1.82, 2.24) is 60.3 Å². The Morgan fingerprint density at radius 1 is 0.633 bits per heavy atom. The molecule has 60 heavy (non-hydrogen) atoms. The Morgan fingerprint density at radius 3 is 1.55 bits per heavy atom. The second kappa shape index (κ2) is 16.8. The number of aromatic amines is 2. The van der Waals surface area contributed by atoms with Gasteiger partial charge in [0.2, 0.25) is 0 Å². The molecule has 4 aromatic heterocycles. The van der Waals surface area contributed by atoms with Crippen molar-refractivity contribution in [2.75, 3.05) is 13.1 Å². The number of nitrogens with one attached hydrogen (secondary N) is 4. The van der Waals surface area contributed by atoms with Crippen LogP contribution >= 0.6 is 0 Å². The Balaban J connectivity index is 0.967. The van der Waals surface area contributed by atoms with Gasteiger partial charge in [-0.3, -0.25) is 9.59 Å². The number of hydrogen-bond donors (Lipinski definition) is 6. The monoisotopic (exact) mass is 810 g/mol. The van der Waals surface area contributed by atoms with E-state index in [-0.39, 0.29) is 23.9 Å². The summed E-state index contributed by atoms with van der Waals surface area (Å²) in [6, 6.07) is 14.7. The van der Waals surface area contributed by atoms with Gasteiger partial charge < -0.3 is 40.6 Å². The van der Waals surface area contributed by atoms with Crippen LogP contribution in [0.15, 0.2) is 85.5 Å². The molecule has 2 aliphatic rings. The van der Waals surface area contributed by atoms with Crippen LogP contribution < -0.4 is 10.6 Å². The van der Waals surface area contributed by atoms with Crippen LogP contribution in [0.4, 0.5) is 9.59 Å². The second-order valence-corrected chi connectivity index (χ2v) is 14.7. The highest BCUT2D eigenvalue weighted by Gasteiger charge is 2.38. The molecule has 6 aromatic rings. The van der Waals surface area contributed by atoms with Crippen molar-refractivity contribution < 1.29 is 29.4 Å². The van der Waals surface area contributed by atoms with Crippen LogP contribution in [0.5, 0.6) is 0 Å². The van der Waals surface area contributed by atoms with E-state index in [9.17, 15) is 29.4 Å². The molecule has 0 bridgehead atoms. The van der Waals surface area contributed by atoms with Gasteiger partial charge in [0.25, 0.3) is 11.8 Å². The van der Waals surface area contributed by atoms with Gasteiger partial charge in [0.1, 0.15) is 23.7 Å². The Labute approximate surface area is 343 Å². The van der Waals surface area contributed by atoms with Gasteiger partial charge in [-0.1, -0.05) is 60.7 Å². The van der Waals surface area contributed by atoms with E-state index in [0.717, 1.165) is 18.4 Å². The van der Waals surface area contributed by atoms with Crippen LogP contribution in [0.2, 0.25) is 0 Å². The lowest BCUT2D eigenvalue weighted by Gasteiger charge is -2.28. The van der Waals surface area contributed by atoms with Crippen LogP contribution in [0, 0.1) is 13.8 Å². The number of imidazole rings is 2. The second-order valence-electron chi connectivity index (χ2n) is 14.7. The smallest absolute Gasteiger partial charge is 0.405 e. The van der Waals surface area contributed by atoms with E-state index in [1.54, 1.807) is 89.2 Å². The molecule has 6 N–H and O–H groups in total. The summed E-state index contributed by atoms with van der Waals surface area (Å²) in [5.74, 6) is 1.11. The van der Waals surface area contributed by atoms with Gasteiger partial charge >= 0.3 is 12.2 Å². The summed E-state index contributed by atoms with van der Waals surface area (Å²) in [4.78, 5) is 88.7. The number of aryl methyl sites for hydroxylation is 2. The van der Waals surface area contributed by atoms with E-state index in [0.29, 0.717) is 88.7 Å². The van der Waals surface area contributed by atoms with Crippen molar-refractivity contribution >= 4 is 24.0 Å². The van der Waals surface area contributed by atoms with Crippen LogP contribution in [0.3, 0.4) is 0 Å². The Hall–Kier alpha value is -7.50. The van der Waals surface area contributed by atoms with Gasteiger partial charge in [-0.2, -0.15) is 0 Å². The first-order chi connectivity index (χ1) is 29.0. The number of likely N-dealkylation sites (tertiary alicyclic amines) is 2. The summed E-state index contributed by atoms with van der Waals surface area (Å²) in [6.45, 7) is 4.65. The van der Waals surface area contributed by atoms with Crippen LogP contribution in [0.1, 0.15) is 84.0 Å². The largest absolute Gasteiger partial charge is 0.465 e. The molecule has 2 aromatic carbocycles. The zero-order chi connectivity index (χ0) is 41.9. The van der Waals surface area contributed by atoms with Crippen molar-refractivity contribution in [2.45, 2.75) is 63.7 Å². The summed E-state index contributed by atoms with van der Waals surface area (Å²) in [6.07, 6.45) is 6.87. The fourth-order valence-corrected chi connectivity index (χ4v) is 8.15. The molecule has 8 rings (SSSR count). The van der Waals surface area contributed by atoms with Gasteiger partial charge in [-0.05, 0) is 50.7 Å². The predicted octanol–water partition coefficient (Wildman–Crippen LogP) is 5.68. The normalized spacial score (nSPS) is 17.3. The maximum absolute atomic E-state index is 13.8. The van der Waals surface area contributed by atoms with Gasteiger partial charge in [0.15, 0.2) is 11.6 Å². The molecular weight excluding hydrogens is 769 g/mol. The summed E-state index contributed by atoms with van der Waals surface area (Å²) < 4.78 is 0. The molecule has 2 unspecified atom stereocenters. The summed E-state index contributed by atoms with van der Waals surface area (Å²) in [7, 11) is 0. The predicted molar refractivity (Wildman–Crippen MR) is 216 cm³/mol. The van der Waals surface area contributed by atoms with Crippen molar-refractivity contribution in [3.8, 4) is 34.2 Å². The number of amides is 4. The molecule has 18 nitrogen and oxygen atoms in total. The quantitative estimate of drug-likeness (QED) is 0.0926. The summed E-state index contributed by atoms with van der Waals surface area (Å²) in [5.41, 5.74) is 5.17. The first-order valence-corrected chi connectivity index (χ1v) is 19.5. The van der Waals surface area contributed by atoms with Gasteiger partial charge in [-0.15, -0.1) is 0 Å². The zero-order valence-electron chi connectivity index (χ0n) is 32.7. The van der Waals surface area contributed by atoms with Crippen LogP contribution in [0.25, 0.3) is 34.2 Å². The van der Waals surface area contributed by atoms with E-state index in [1.807, 2.05) is 19.9 Å². The maximum atomic E-state index is 13.8. The Morgan fingerprint density at radius 2 is 1.08 bits per heavy atom. The first kappa shape index (κ1) is 39.3. The third-order valence-electron chi connectivity index (χ3n) is 10.9. The van der Waals surface area contributed by atoms with E-state index in [2.05, 4.69) is 40.5 Å². The van der Waals surface area contributed by atoms with Crippen molar-refractivity contribution in [3.63, 3.8) is 0 Å². The molecule has 2 saturated heterocycles. The number of carbonyl (C=O) groups excluding carboxylic acids is 2. The van der Waals surface area contributed by atoms with Crippen molar-refractivity contribution in [1.29, 1.82) is 0 Å². The molecule has 4 atom stereocenters. The number of rotatable bonds is 11. The maximum Gasteiger partial charge on any atom is 0.405 e. The number of benzene rings is 2. The van der Waals surface area contributed by atoms with E-state index in [1.165, 1.54) is 0 Å². The molecule has 2 aliphatic heterocycles. The molecule has 6 heterocycles. The third-order valence-corrected chi connectivity index (χ3v) is 10.9. The SMILES string of the molecule is Cc1nc(-c2ncc(-c3cnc(C4CCCN4C(=O)C(NC(=O)O)c4ccccc4)[nH]3)cn2)nc(C)c1-c1cnc([C@@H]2CCCN2C(=O)[C@H](NC(=O)O)c2ccccc2)[nH]1. The molecule has 0 radical (unpaired) electrons. The molecule has 2 fully saturated rings. The minimum Gasteiger partial charge on any atom is -0.465 e. The standard InChI is InChI=1S/C42H42N12O6/c1-23-32(29-22-46-36(50-29)31-16-10-18-54(31)40(56)34(52-42(59)60)26-13-7-4-8-14-26)24(2)48-38(47-23)37-43-19-27(20-44-37)28-21-45-35(49-28)30-15-9-17-53(30)39(55)33(51-41(57)58)25-11-5-3-6-12-25/h3-8,11-14,19-22,30-31,33-34,51-52H,9-10,15-18H2,1-2H3,(H,45,49)(H,46,50)(H,57,58)(H,59,60)/t30?,31-,33?,34+/m0/s1. The first-order valence-electron chi connectivity index (χ1n) is 19.5.